The van der Waals surface area contributed by atoms with Gasteiger partial charge in [-0.05, 0) is 38.2 Å². The topological polar surface area (TPSA) is 89.7 Å². The molecule has 0 saturated heterocycles. The van der Waals surface area contributed by atoms with E-state index in [0.717, 1.165) is 32.1 Å². The lowest BCUT2D eigenvalue weighted by atomic mass is 9.98. The number of carbonyl (C=O) groups is 1. The highest BCUT2D eigenvalue weighted by Crippen LogP contribution is 2.40. The molecule has 0 radical (unpaired) electrons. The first-order valence-electron chi connectivity index (χ1n) is 6.68. The molecule has 0 atom stereocenters. The van der Waals surface area contributed by atoms with Gasteiger partial charge in [0.1, 0.15) is 5.60 Å². The maximum Gasteiger partial charge on any atom is 0.335 e. The fourth-order valence-corrected chi connectivity index (χ4v) is 2.66. The van der Waals surface area contributed by atoms with Crippen molar-refractivity contribution in [2.24, 2.45) is 0 Å². The van der Waals surface area contributed by atoms with Gasteiger partial charge < -0.3 is 9.84 Å². The van der Waals surface area contributed by atoms with E-state index >= 15 is 0 Å². The SMILES string of the molecule is CCC1(Oc2cc(C(=O)O)ccc2[N+](=O)[O-])CCCC1. The second kappa shape index (κ2) is 5.48. The quantitative estimate of drug-likeness (QED) is 0.659. The highest BCUT2D eigenvalue weighted by molar-refractivity contribution is 5.88. The van der Waals surface area contributed by atoms with E-state index in [4.69, 9.17) is 9.84 Å². The summed E-state index contributed by atoms with van der Waals surface area (Å²) in [5, 5.41) is 20.0. The van der Waals surface area contributed by atoms with Crippen molar-refractivity contribution in [1.82, 2.24) is 0 Å². The van der Waals surface area contributed by atoms with Crippen LogP contribution in [0.3, 0.4) is 0 Å². The fraction of sp³-hybridized carbons (Fsp3) is 0.500. The number of nitro benzene ring substituents is 1. The van der Waals surface area contributed by atoms with Crippen LogP contribution >= 0.6 is 0 Å². The van der Waals surface area contributed by atoms with Crippen LogP contribution in [0.15, 0.2) is 18.2 Å². The first-order chi connectivity index (χ1) is 9.47. The van der Waals surface area contributed by atoms with Gasteiger partial charge in [0.2, 0.25) is 0 Å². The Hall–Kier alpha value is -2.11. The third-order valence-electron chi connectivity index (χ3n) is 3.89. The highest BCUT2D eigenvalue weighted by atomic mass is 16.6. The van der Waals surface area contributed by atoms with Crippen molar-refractivity contribution < 1.29 is 19.6 Å². The van der Waals surface area contributed by atoms with E-state index in [2.05, 4.69) is 0 Å². The summed E-state index contributed by atoms with van der Waals surface area (Å²) in [6, 6.07) is 3.66. The molecule has 1 fully saturated rings. The van der Waals surface area contributed by atoms with Crippen molar-refractivity contribution in [2.45, 2.75) is 44.6 Å². The predicted molar refractivity (Wildman–Crippen MR) is 72.2 cm³/mol. The highest BCUT2D eigenvalue weighted by Gasteiger charge is 2.36. The van der Waals surface area contributed by atoms with E-state index in [1.165, 1.54) is 18.2 Å². The zero-order chi connectivity index (χ0) is 14.8. The molecule has 20 heavy (non-hydrogen) atoms. The lowest BCUT2D eigenvalue weighted by Crippen LogP contribution is -2.31. The molecule has 108 valence electrons. The normalized spacial score (nSPS) is 16.9. The minimum absolute atomic E-state index is 0.00477. The lowest BCUT2D eigenvalue weighted by Gasteiger charge is -2.28. The zero-order valence-corrected chi connectivity index (χ0v) is 11.3. The number of nitro groups is 1. The number of aromatic carboxylic acids is 1. The number of benzene rings is 1. The molecule has 0 amide bonds. The van der Waals surface area contributed by atoms with Crippen LogP contribution in [-0.2, 0) is 0 Å². The van der Waals surface area contributed by atoms with Gasteiger partial charge in [-0.1, -0.05) is 6.92 Å². The second-order valence-electron chi connectivity index (χ2n) is 5.09. The van der Waals surface area contributed by atoms with E-state index in [0.29, 0.717) is 0 Å². The molecule has 0 aromatic heterocycles. The second-order valence-corrected chi connectivity index (χ2v) is 5.09. The average Bonchev–Trinajstić information content (AvgIpc) is 2.87. The van der Waals surface area contributed by atoms with E-state index in [9.17, 15) is 14.9 Å². The van der Waals surface area contributed by atoms with Gasteiger partial charge in [0.25, 0.3) is 0 Å². The molecule has 1 aromatic carbocycles. The molecular formula is C14H17NO5. The molecule has 0 aliphatic heterocycles. The van der Waals surface area contributed by atoms with E-state index < -0.39 is 16.5 Å². The summed E-state index contributed by atoms with van der Waals surface area (Å²) in [5.74, 6) is -1.07. The summed E-state index contributed by atoms with van der Waals surface area (Å²) in [6.07, 6.45) is 4.50. The first kappa shape index (κ1) is 14.3. The van der Waals surface area contributed by atoms with Gasteiger partial charge in [-0.3, -0.25) is 10.1 Å². The third-order valence-corrected chi connectivity index (χ3v) is 3.89. The average molecular weight is 279 g/mol. The summed E-state index contributed by atoms with van der Waals surface area (Å²) in [6.45, 7) is 1.98. The summed E-state index contributed by atoms with van der Waals surface area (Å²) >= 11 is 0. The van der Waals surface area contributed by atoms with Crippen LogP contribution in [0.4, 0.5) is 5.69 Å². The molecule has 1 aromatic rings. The van der Waals surface area contributed by atoms with Crippen molar-refractivity contribution in [3.05, 3.63) is 33.9 Å². The Kier molecular flexibility index (Phi) is 3.92. The van der Waals surface area contributed by atoms with Gasteiger partial charge >= 0.3 is 11.7 Å². The smallest absolute Gasteiger partial charge is 0.335 e. The van der Waals surface area contributed by atoms with Crippen LogP contribution in [0.1, 0.15) is 49.4 Å². The van der Waals surface area contributed by atoms with Crippen molar-refractivity contribution >= 4 is 11.7 Å². The molecule has 1 aliphatic carbocycles. The number of carboxylic acids is 1. The predicted octanol–water partition coefficient (Wildman–Crippen LogP) is 3.39. The maximum absolute atomic E-state index is 11.0. The van der Waals surface area contributed by atoms with Gasteiger partial charge in [-0.2, -0.15) is 0 Å². The van der Waals surface area contributed by atoms with E-state index in [1.807, 2.05) is 6.92 Å². The van der Waals surface area contributed by atoms with Gasteiger partial charge in [0, 0.05) is 12.1 Å². The minimum atomic E-state index is -1.12. The molecule has 0 unspecified atom stereocenters. The molecule has 6 nitrogen and oxygen atoms in total. The largest absolute Gasteiger partial charge is 0.480 e. The molecule has 6 heteroatoms. The zero-order valence-electron chi connectivity index (χ0n) is 11.3. The molecule has 0 bridgehead atoms. The van der Waals surface area contributed by atoms with Crippen LogP contribution in [0, 0.1) is 10.1 Å². The maximum atomic E-state index is 11.0. The van der Waals surface area contributed by atoms with Crippen LogP contribution in [0.2, 0.25) is 0 Å². The molecule has 0 heterocycles. The number of rotatable bonds is 5. The lowest BCUT2D eigenvalue weighted by molar-refractivity contribution is -0.386. The number of hydrogen-bond donors (Lipinski definition) is 1. The Balaban J connectivity index is 2.39. The van der Waals surface area contributed by atoms with Crippen LogP contribution < -0.4 is 4.74 Å². The van der Waals surface area contributed by atoms with Crippen molar-refractivity contribution in [2.75, 3.05) is 0 Å². The van der Waals surface area contributed by atoms with Crippen LogP contribution in [0.5, 0.6) is 5.75 Å². The van der Waals surface area contributed by atoms with Gasteiger partial charge in [0.15, 0.2) is 5.75 Å². The Morgan fingerprint density at radius 3 is 2.60 bits per heavy atom. The summed E-state index contributed by atoms with van der Waals surface area (Å²) in [4.78, 5) is 21.5. The van der Waals surface area contributed by atoms with Crippen LogP contribution in [0.25, 0.3) is 0 Å². The molecule has 2 rings (SSSR count). The Morgan fingerprint density at radius 1 is 1.45 bits per heavy atom. The summed E-state index contributed by atoms with van der Waals surface area (Å²) < 4.78 is 5.89. The number of carboxylic acid groups (broad SMARTS) is 1. The van der Waals surface area contributed by atoms with Gasteiger partial charge in [-0.25, -0.2) is 4.79 Å². The van der Waals surface area contributed by atoms with Crippen molar-refractivity contribution in [1.29, 1.82) is 0 Å². The molecule has 1 aliphatic rings. The fourth-order valence-electron chi connectivity index (χ4n) is 2.66. The van der Waals surface area contributed by atoms with E-state index in [1.54, 1.807) is 0 Å². The summed E-state index contributed by atoms with van der Waals surface area (Å²) in [5.41, 5.74) is -0.591. The molecule has 1 N–H and O–H groups in total. The molecular weight excluding hydrogens is 262 g/mol. The third kappa shape index (κ3) is 2.74. The summed E-state index contributed by atoms with van der Waals surface area (Å²) in [7, 11) is 0. The van der Waals surface area contributed by atoms with Gasteiger partial charge in [0.05, 0.1) is 10.5 Å². The first-order valence-corrected chi connectivity index (χ1v) is 6.68. The van der Waals surface area contributed by atoms with Crippen molar-refractivity contribution in [3.8, 4) is 5.75 Å². The standard InChI is InChI=1S/C14H17NO5/c1-2-14(7-3-4-8-14)20-12-9-10(13(16)17)5-6-11(12)15(18)19/h5-6,9H,2-4,7-8H2,1H3,(H,16,17). The Bertz CT molecular complexity index is 534. The van der Waals surface area contributed by atoms with Crippen molar-refractivity contribution in [3.63, 3.8) is 0 Å². The number of hydrogen-bond acceptors (Lipinski definition) is 4. The molecule has 0 spiro atoms. The molecule has 1 saturated carbocycles. The monoisotopic (exact) mass is 279 g/mol. The van der Waals surface area contributed by atoms with Crippen LogP contribution in [-0.4, -0.2) is 21.6 Å². The Morgan fingerprint density at radius 2 is 2.10 bits per heavy atom. The minimum Gasteiger partial charge on any atom is -0.480 e. The number of ether oxygens (including phenoxy) is 1. The Labute approximate surface area is 116 Å². The van der Waals surface area contributed by atoms with E-state index in [-0.39, 0.29) is 17.0 Å². The van der Waals surface area contributed by atoms with Gasteiger partial charge in [-0.15, -0.1) is 0 Å². The number of nitrogens with zero attached hydrogens (tertiary/aromatic N) is 1.